The summed E-state index contributed by atoms with van der Waals surface area (Å²) < 4.78 is 11.1. The van der Waals surface area contributed by atoms with Crippen LogP contribution >= 0.6 is 11.6 Å². The van der Waals surface area contributed by atoms with Gasteiger partial charge in [-0.25, -0.2) is 4.98 Å². The second-order valence-corrected chi connectivity index (χ2v) is 7.30. The average molecular weight is 402 g/mol. The summed E-state index contributed by atoms with van der Waals surface area (Å²) in [5.74, 6) is 1.42. The number of hydrogen-bond donors (Lipinski definition) is 1. The van der Waals surface area contributed by atoms with Gasteiger partial charge in [-0.3, -0.25) is 9.59 Å². The van der Waals surface area contributed by atoms with Crippen molar-refractivity contribution in [1.29, 1.82) is 0 Å². The van der Waals surface area contributed by atoms with E-state index in [1.165, 1.54) is 0 Å². The van der Waals surface area contributed by atoms with Crippen molar-refractivity contribution in [2.45, 2.75) is 12.8 Å². The number of nitrogens with zero attached hydrogens (tertiary/aromatic N) is 2. The van der Waals surface area contributed by atoms with Gasteiger partial charge in [-0.05, 0) is 49.1 Å². The molecule has 2 aromatic rings. The largest absolute Gasteiger partial charge is 0.492 e. The topological polar surface area (TPSA) is 80.8 Å². The first kappa shape index (κ1) is 18.6. The Balaban J connectivity index is 1.31. The van der Waals surface area contributed by atoms with Crippen LogP contribution in [-0.4, -0.2) is 48.0 Å². The molecule has 0 spiro atoms. The number of piperidine rings is 1. The molecule has 0 saturated carbocycles. The van der Waals surface area contributed by atoms with Gasteiger partial charge >= 0.3 is 0 Å². The highest BCUT2D eigenvalue weighted by Crippen LogP contribution is 2.29. The Hall–Kier alpha value is -2.80. The summed E-state index contributed by atoms with van der Waals surface area (Å²) in [5.41, 5.74) is 1.09. The molecule has 0 unspecified atom stereocenters. The van der Waals surface area contributed by atoms with Crippen LogP contribution in [0, 0.1) is 5.92 Å². The van der Waals surface area contributed by atoms with Gasteiger partial charge in [0.1, 0.15) is 16.7 Å². The number of ether oxygens (including phenoxy) is 2. The van der Waals surface area contributed by atoms with Crippen molar-refractivity contribution in [2.24, 2.45) is 5.92 Å². The first-order valence-corrected chi connectivity index (χ1v) is 9.56. The zero-order chi connectivity index (χ0) is 19.5. The average Bonchev–Trinajstić information content (AvgIpc) is 2.72. The number of benzene rings is 1. The molecule has 1 aromatic heterocycles. The summed E-state index contributed by atoms with van der Waals surface area (Å²) in [6.07, 6.45) is 3.36. The molecule has 1 aromatic carbocycles. The van der Waals surface area contributed by atoms with E-state index in [0.717, 1.165) is 12.8 Å². The van der Waals surface area contributed by atoms with Gasteiger partial charge in [0.25, 0.3) is 11.8 Å². The number of nitrogens with one attached hydrogen (secondary N) is 1. The lowest BCUT2D eigenvalue weighted by atomic mass is 9.97. The molecule has 1 fully saturated rings. The normalized spacial score (nSPS) is 16.8. The van der Waals surface area contributed by atoms with Gasteiger partial charge in [-0.1, -0.05) is 11.6 Å². The number of rotatable bonds is 4. The van der Waals surface area contributed by atoms with Crippen molar-refractivity contribution in [3.63, 3.8) is 0 Å². The van der Waals surface area contributed by atoms with Gasteiger partial charge in [0.15, 0.2) is 6.61 Å². The molecule has 4 rings (SSSR count). The minimum absolute atomic E-state index is 0.00195. The number of amides is 2. The van der Waals surface area contributed by atoms with Crippen LogP contribution in [0.4, 0.5) is 5.69 Å². The highest BCUT2D eigenvalue weighted by Gasteiger charge is 2.25. The van der Waals surface area contributed by atoms with Gasteiger partial charge in [-0.2, -0.15) is 0 Å². The number of aromatic nitrogens is 1. The Labute approximate surface area is 167 Å². The maximum Gasteiger partial charge on any atom is 0.262 e. The van der Waals surface area contributed by atoms with E-state index in [1.54, 1.807) is 36.5 Å². The van der Waals surface area contributed by atoms with Crippen LogP contribution < -0.4 is 14.8 Å². The molecule has 8 heteroatoms. The Bertz CT molecular complexity index is 880. The Morgan fingerprint density at radius 2 is 2.11 bits per heavy atom. The van der Waals surface area contributed by atoms with Crippen LogP contribution in [0.25, 0.3) is 0 Å². The van der Waals surface area contributed by atoms with Crippen molar-refractivity contribution in [1.82, 2.24) is 9.88 Å². The summed E-state index contributed by atoms with van der Waals surface area (Å²) >= 11 is 5.77. The van der Waals surface area contributed by atoms with E-state index in [-0.39, 0.29) is 18.4 Å². The summed E-state index contributed by atoms with van der Waals surface area (Å²) in [7, 11) is 0. The summed E-state index contributed by atoms with van der Waals surface area (Å²) in [6.45, 7) is 1.94. The zero-order valence-electron chi connectivity index (χ0n) is 15.2. The molecule has 2 aliphatic heterocycles. The molecule has 0 bridgehead atoms. The van der Waals surface area contributed by atoms with E-state index in [0.29, 0.717) is 53.5 Å². The van der Waals surface area contributed by atoms with E-state index in [4.69, 9.17) is 21.1 Å². The first-order chi connectivity index (χ1) is 13.6. The fraction of sp³-hybridized carbons (Fsp3) is 0.350. The van der Waals surface area contributed by atoms with Gasteiger partial charge in [-0.15, -0.1) is 0 Å². The quantitative estimate of drug-likeness (QED) is 0.796. The van der Waals surface area contributed by atoms with Gasteiger partial charge in [0.05, 0.1) is 18.5 Å². The maximum atomic E-state index is 12.8. The molecule has 146 valence electrons. The van der Waals surface area contributed by atoms with E-state index >= 15 is 0 Å². The van der Waals surface area contributed by atoms with E-state index < -0.39 is 0 Å². The number of carbonyl (C=O) groups is 2. The van der Waals surface area contributed by atoms with Crippen molar-refractivity contribution < 1.29 is 19.1 Å². The van der Waals surface area contributed by atoms with Crippen molar-refractivity contribution in [3.8, 4) is 11.5 Å². The SMILES string of the molecule is O=C1COc2ccc(C(=O)N3CCC(COc4ccc(Cl)nc4)CC3)cc2N1. The number of pyridine rings is 1. The minimum Gasteiger partial charge on any atom is -0.492 e. The molecular weight excluding hydrogens is 382 g/mol. The van der Waals surface area contributed by atoms with E-state index in [1.807, 2.05) is 4.90 Å². The highest BCUT2D eigenvalue weighted by molar-refractivity contribution is 6.29. The minimum atomic E-state index is -0.214. The van der Waals surface area contributed by atoms with Crippen molar-refractivity contribution in [2.75, 3.05) is 31.6 Å². The Morgan fingerprint density at radius 3 is 2.86 bits per heavy atom. The Morgan fingerprint density at radius 1 is 1.29 bits per heavy atom. The molecule has 3 heterocycles. The molecule has 0 radical (unpaired) electrons. The molecule has 7 nitrogen and oxygen atoms in total. The van der Waals surface area contributed by atoms with E-state index in [9.17, 15) is 9.59 Å². The molecule has 2 aliphatic rings. The zero-order valence-corrected chi connectivity index (χ0v) is 15.9. The van der Waals surface area contributed by atoms with Crippen LogP contribution in [0.2, 0.25) is 5.15 Å². The lowest BCUT2D eigenvalue weighted by Crippen LogP contribution is -2.39. The monoisotopic (exact) mass is 401 g/mol. The summed E-state index contributed by atoms with van der Waals surface area (Å²) in [4.78, 5) is 30.1. The number of carbonyl (C=O) groups excluding carboxylic acids is 2. The summed E-state index contributed by atoms with van der Waals surface area (Å²) in [6, 6.07) is 8.64. The first-order valence-electron chi connectivity index (χ1n) is 9.19. The second-order valence-electron chi connectivity index (χ2n) is 6.91. The molecule has 0 atom stereocenters. The Kier molecular flexibility index (Phi) is 5.34. The van der Waals surface area contributed by atoms with Crippen LogP contribution in [0.3, 0.4) is 0 Å². The van der Waals surface area contributed by atoms with Crippen LogP contribution in [0.1, 0.15) is 23.2 Å². The fourth-order valence-corrected chi connectivity index (χ4v) is 3.47. The molecule has 1 N–H and O–H groups in total. The van der Waals surface area contributed by atoms with Gasteiger partial charge < -0.3 is 19.7 Å². The van der Waals surface area contributed by atoms with E-state index in [2.05, 4.69) is 10.3 Å². The smallest absolute Gasteiger partial charge is 0.262 e. The van der Waals surface area contributed by atoms with Gasteiger partial charge in [0.2, 0.25) is 0 Å². The molecule has 1 saturated heterocycles. The highest BCUT2D eigenvalue weighted by atomic mass is 35.5. The number of likely N-dealkylation sites (tertiary alicyclic amines) is 1. The standard InChI is InChI=1S/C20H20ClN3O4/c21-18-4-2-15(10-22-18)27-11-13-5-7-24(8-6-13)20(26)14-1-3-17-16(9-14)23-19(25)12-28-17/h1-4,9-10,13H,5-8,11-12H2,(H,23,25). The lowest BCUT2D eigenvalue weighted by molar-refractivity contribution is -0.118. The molecular formula is C20H20ClN3O4. The lowest BCUT2D eigenvalue weighted by Gasteiger charge is -2.32. The van der Waals surface area contributed by atoms with Crippen LogP contribution in [0.15, 0.2) is 36.5 Å². The predicted molar refractivity (Wildman–Crippen MR) is 104 cm³/mol. The number of anilines is 1. The number of hydrogen-bond acceptors (Lipinski definition) is 5. The van der Waals surface area contributed by atoms with Gasteiger partial charge in [0, 0.05) is 18.7 Å². The maximum absolute atomic E-state index is 12.8. The molecule has 28 heavy (non-hydrogen) atoms. The number of halogens is 1. The third kappa shape index (κ3) is 4.20. The number of fused-ring (bicyclic) bond motifs is 1. The molecule has 0 aliphatic carbocycles. The fourth-order valence-electron chi connectivity index (χ4n) is 3.36. The van der Waals surface area contributed by atoms with Crippen LogP contribution in [0.5, 0.6) is 11.5 Å². The van der Waals surface area contributed by atoms with Crippen LogP contribution in [-0.2, 0) is 4.79 Å². The van der Waals surface area contributed by atoms with Crippen molar-refractivity contribution in [3.05, 3.63) is 47.2 Å². The summed E-state index contributed by atoms with van der Waals surface area (Å²) in [5, 5.41) is 3.17. The molecule has 2 amide bonds. The predicted octanol–water partition coefficient (Wildman–Crippen LogP) is 3.00. The second kappa shape index (κ2) is 8.06. The third-order valence-electron chi connectivity index (χ3n) is 4.95. The third-order valence-corrected chi connectivity index (χ3v) is 5.17. The van der Waals surface area contributed by atoms with Crippen molar-refractivity contribution >= 4 is 29.1 Å².